The maximum absolute atomic E-state index is 11.5. The zero-order valence-electron chi connectivity index (χ0n) is 11.2. The van der Waals surface area contributed by atoms with Crippen molar-refractivity contribution in [3.05, 3.63) is 16.1 Å². The van der Waals surface area contributed by atoms with Gasteiger partial charge in [0.25, 0.3) is 0 Å². The van der Waals surface area contributed by atoms with E-state index in [1.807, 2.05) is 4.90 Å². The highest BCUT2D eigenvalue weighted by Gasteiger charge is 2.28. The molecule has 0 aromatic carbocycles. The largest absolute Gasteiger partial charge is 0.480 e. The van der Waals surface area contributed by atoms with Crippen molar-refractivity contribution in [1.29, 1.82) is 0 Å². The Morgan fingerprint density at radius 1 is 1.65 bits per heavy atom. The zero-order chi connectivity index (χ0) is 14.5. The molecule has 0 radical (unpaired) electrons. The lowest BCUT2D eigenvalue weighted by Crippen LogP contribution is -2.54. The van der Waals surface area contributed by atoms with Gasteiger partial charge in [-0.2, -0.15) is 0 Å². The van der Waals surface area contributed by atoms with Crippen LogP contribution in [0.15, 0.2) is 5.38 Å². The second-order valence-corrected chi connectivity index (χ2v) is 5.25. The number of aromatic nitrogens is 1. The Hall–Kier alpha value is -1.51. The summed E-state index contributed by atoms with van der Waals surface area (Å²) < 4.78 is 4.88. The number of hydrogen-bond donors (Lipinski definition) is 2. The Labute approximate surface area is 120 Å². The van der Waals surface area contributed by atoms with Gasteiger partial charge in [0.2, 0.25) is 5.01 Å². The first-order valence-electron chi connectivity index (χ1n) is 6.41. The van der Waals surface area contributed by atoms with E-state index in [-0.39, 0.29) is 0 Å². The van der Waals surface area contributed by atoms with Gasteiger partial charge in [0.15, 0.2) is 0 Å². The summed E-state index contributed by atoms with van der Waals surface area (Å²) in [6.45, 7) is 4.29. The minimum absolute atomic E-state index is 0.309. The molecule has 1 aliphatic heterocycles. The van der Waals surface area contributed by atoms with Crippen LogP contribution in [-0.4, -0.2) is 59.2 Å². The SMILES string of the molecule is CCOC(=O)c1nc(CN2CCNCC2C(=O)O)cs1. The molecule has 0 bridgehead atoms. The molecular weight excluding hydrogens is 282 g/mol. The Bertz CT molecular complexity index is 491. The highest BCUT2D eigenvalue weighted by Crippen LogP contribution is 2.15. The normalized spacial score (nSPS) is 19.8. The quantitative estimate of drug-likeness (QED) is 0.749. The Balaban J connectivity index is 2.01. The third kappa shape index (κ3) is 3.53. The topological polar surface area (TPSA) is 91.8 Å². The number of piperazine rings is 1. The number of hydrogen-bond acceptors (Lipinski definition) is 7. The van der Waals surface area contributed by atoms with Crippen LogP contribution >= 0.6 is 11.3 Å². The van der Waals surface area contributed by atoms with Crippen LogP contribution in [0.1, 0.15) is 22.4 Å². The number of aliphatic carboxylic acids is 1. The first-order valence-corrected chi connectivity index (χ1v) is 7.29. The number of nitrogens with one attached hydrogen (secondary N) is 1. The Morgan fingerprint density at radius 2 is 2.45 bits per heavy atom. The summed E-state index contributed by atoms with van der Waals surface area (Å²) in [7, 11) is 0. The van der Waals surface area contributed by atoms with Gasteiger partial charge in [-0.1, -0.05) is 0 Å². The van der Waals surface area contributed by atoms with Crippen molar-refractivity contribution >= 4 is 23.3 Å². The second kappa shape index (κ2) is 6.78. The Kier molecular flexibility index (Phi) is 5.05. The van der Waals surface area contributed by atoms with Crippen LogP contribution in [0.5, 0.6) is 0 Å². The molecule has 0 spiro atoms. The van der Waals surface area contributed by atoms with E-state index in [1.54, 1.807) is 12.3 Å². The average molecular weight is 299 g/mol. The van der Waals surface area contributed by atoms with Crippen molar-refractivity contribution in [2.45, 2.75) is 19.5 Å². The van der Waals surface area contributed by atoms with Crippen LogP contribution in [0.2, 0.25) is 0 Å². The molecule has 1 aromatic rings. The van der Waals surface area contributed by atoms with Gasteiger partial charge in [0.05, 0.1) is 12.3 Å². The molecule has 20 heavy (non-hydrogen) atoms. The summed E-state index contributed by atoms with van der Waals surface area (Å²) in [6.07, 6.45) is 0. The number of esters is 1. The van der Waals surface area contributed by atoms with Gasteiger partial charge in [-0.05, 0) is 6.92 Å². The van der Waals surface area contributed by atoms with Gasteiger partial charge < -0.3 is 15.2 Å². The number of ether oxygens (including phenoxy) is 1. The smallest absolute Gasteiger partial charge is 0.367 e. The van der Waals surface area contributed by atoms with E-state index in [0.29, 0.717) is 36.9 Å². The molecule has 8 heteroatoms. The molecule has 110 valence electrons. The van der Waals surface area contributed by atoms with Gasteiger partial charge in [0, 0.05) is 31.6 Å². The fraction of sp³-hybridized carbons (Fsp3) is 0.583. The molecule has 1 aliphatic rings. The molecular formula is C12H17N3O4S. The van der Waals surface area contributed by atoms with Crippen molar-refractivity contribution in [3.63, 3.8) is 0 Å². The fourth-order valence-corrected chi connectivity index (χ4v) is 2.75. The van der Waals surface area contributed by atoms with E-state index in [2.05, 4.69) is 10.3 Å². The van der Waals surface area contributed by atoms with E-state index in [4.69, 9.17) is 4.74 Å². The van der Waals surface area contributed by atoms with E-state index in [0.717, 1.165) is 6.54 Å². The van der Waals surface area contributed by atoms with Crippen molar-refractivity contribution < 1.29 is 19.4 Å². The van der Waals surface area contributed by atoms with Gasteiger partial charge in [-0.3, -0.25) is 9.69 Å². The van der Waals surface area contributed by atoms with E-state index < -0.39 is 18.0 Å². The molecule has 1 saturated heterocycles. The third-order valence-corrected chi connectivity index (χ3v) is 3.88. The fourth-order valence-electron chi connectivity index (χ4n) is 2.05. The lowest BCUT2D eigenvalue weighted by molar-refractivity contribution is -0.144. The van der Waals surface area contributed by atoms with Crippen LogP contribution in [0.4, 0.5) is 0 Å². The highest BCUT2D eigenvalue weighted by molar-refractivity contribution is 7.11. The summed E-state index contributed by atoms with van der Waals surface area (Å²) in [4.78, 5) is 28.8. The maximum Gasteiger partial charge on any atom is 0.367 e. The van der Waals surface area contributed by atoms with Crippen LogP contribution < -0.4 is 5.32 Å². The Morgan fingerprint density at radius 3 is 3.15 bits per heavy atom. The van der Waals surface area contributed by atoms with Crippen molar-refractivity contribution in [2.24, 2.45) is 0 Å². The van der Waals surface area contributed by atoms with Crippen LogP contribution in [0.3, 0.4) is 0 Å². The molecule has 2 N–H and O–H groups in total. The third-order valence-electron chi connectivity index (χ3n) is 3.01. The molecule has 1 fully saturated rings. The van der Waals surface area contributed by atoms with Crippen molar-refractivity contribution in [2.75, 3.05) is 26.2 Å². The first-order chi connectivity index (χ1) is 9.61. The van der Waals surface area contributed by atoms with E-state index in [9.17, 15) is 14.7 Å². The summed E-state index contributed by atoms with van der Waals surface area (Å²) in [5.74, 6) is -1.28. The number of carboxylic acid groups (broad SMARTS) is 1. The number of nitrogens with zero attached hydrogens (tertiary/aromatic N) is 2. The number of carbonyl (C=O) groups excluding carboxylic acids is 1. The predicted octanol–water partition coefficient (Wildman–Crippen LogP) is 0.178. The molecule has 0 aliphatic carbocycles. The van der Waals surface area contributed by atoms with Gasteiger partial charge >= 0.3 is 11.9 Å². The van der Waals surface area contributed by atoms with Gasteiger partial charge in [-0.15, -0.1) is 11.3 Å². The van der Waals surface area contributed by atoms with Crippen LogP contribution in [0.25, 0.3) is 0 Å². The molecule has 0 saturated carbocycles. The lowest BCUT2D eigenvalue weighted by Gasteiger charge is -2.32. The van der Waals surface area contributed by atoms with Gasteiger partial charge in [-0.25, -0.2) is 9.78 Å². The van der Waals surface area contributed by atoms with Gasteiger partial charge in [0.1, 0.15) is 6.04 Å². The second-order valence-electron chi connectivity index (χ2n) is 4.39. The van der Waals surface area contributed by atoms with Crippen molar-refractivity contribution in [1.82, 2.24) is 15.2 Å². The van der Waals surface area contributed by atoms with E-state index in [1.165, 1.54) is 11.3 Å². The minimum atomic E-state index is -0.849. The van der Waals surface area contributed by atoms with Crippen LogP contribution in [0, 0.1) is 0 Å². The molecule has 2 rings (SSSR count). The monoisotopic (exact) mass is 299 g/mol. The number of carboxylic acids is 1. The zero-order valence-corrected chi connectivity index (χ0v) is 12.0. The number of rotatable bonds is 5. The molecule has 1 atom stereocenters. The lowest BCUT2D eigenvalue weighted by atomic mass is 10.2. The molecule has 7 nitrogen and oxygen atoms in total. The molecule has 1 unspecified atom stereocenters. The molecule has 2 heterocycles. The van der Waals surface area contributed by atoms with E-state index >= 15 is 0 Å². The number of carbonyl (C=O) groups is 2. The molecule has 0 amide bonds. The van der Waals surface area contributed by atoms with Crippen molar-refractivity contribution in [3.8, 4) is 0 Å². The highest BCUT2D eigenvalue weighted by atomic mass is 32.1. The predicted molar refractivity (Wildman–Crippen MR) is 72.8 cm³/mol. The standard InChI is InChI=1S/C12H17N3O4S/c1-2-19-12(18)10-14-8(7-20-10)6-15-4-3-13-5-9(15)11(16)17/h7,9,13H,2-6H2,1H3,(H,16,17). The summed E-state index contributed by atoms with van der Waals surface area (Å²) in [5.41, 5.74) is 0.700. The summed E-state index contributed by atoms with van der Waals surface area (Å²) in [5, 5.41) is 14.3. The average Bonchev–Trinajstić information content (AvgIpc) is 2.88. The summed E-state index contributed by atoms with van der Waals surface area (Å²) >= 11 is 1.22. The minimum Gasteiger partial charge on any atom is -0.480 e. The molecule has 1 aromatic heterocycles. The van der Waals surface area contributed by atoms with Crippen LogP contribution in [-0.2, 0) is 16.1 Å². The maximum atomic E-state index is 11.5. The summed E-state index contributed by atoms with van der Waals surface area (Å²) in [6, 6.07) is -0.559. The first kappa shape index (κ1) is 14.9. The number of thiazole rings is 1.